The predicted molar refractivity (Wildman–Crippen MR) is 68.4 cm³/mol. The van der Waals surface area contributed by atoms with Gasteiger partial charge in [0.15, 0.2) is 0 Å². The van der Waals surface area contributed by atoms with E-state index in [-0.39, 0.29) is 11.4 Å². The van der Waals surface area contributed by atoms with E-state index >= 15 is 0 Å². The topological polar surface area (TPSA) is 74.8 Å². The molecule has 0 aliphatic rings. The molecule has 0 aliphatic heterocycles. The van der Waals surface area contributed by atoms with Crippen LogP contribution in [0, 0.1) is 0 Å². The average Bonchev–Trinajstić information content (AvgIpc) is 2.91. The molecule has 1 heterocycles. The zero-order chi connectivity index (χ0) is 13.0. The number of H-pyrrole nitrogens is 1. The molecular weight excluding hydrogens is 250 g/mol. The van der Waals surface area contributed by atoms with Gasteiger partial charge in [-0.2, -0.15) is 5.10 Å². The molecule has 0 fully saturated rings. The molecule has 0 saturated heterocycles. The molecule has 18 heavy (non-hydrogen) atoms. The Labute approximate surface area is 106 Å². The number of rotatable bonds is 5. The zero-order valence-electron chi connectivity index (χ0n) is 10.1. The highest BCUT2D eigenvalue weighted by Gasteiger charge is 2.14. The van der Waals surface area contributed by atoms with Crippen molar-refractivity contribution in [1.82, 2.24) is 14.9 Å². The normalized spacial score (nSPS) is 11.6. The summed E-state index contributed by atoms with van der Waals surface area (Å²) in [5.74, 6) is 0. The Kier molecular flexibility index (Phi) is 3.78. The quantitative estimate of drug-likeness (QED) is 0.859. The number of nitrogens with zero attached hydrogens (tertiary/aromatic N) is 1. The molecule has 0 atom stereocenters. The molecule has 0 unspecified atom stereocenters. The number of sulfonamides is 1. The van der Waals surface area contributed by atoms with Crippen LogP contribution in [0.3, 0.4) is 0 Å². The van der Waals surface area contributed by atoms with Gasteiger partial charge in [-0.05, 0) is 17.5 Å². The Balaban J connectivity index is 2.13. The van der Waals surface area contributed by atoms with E-state index in [0.29, 0.717) is 0 Å². The number of aryl methyl sites for hydroxylation is 1. The summed E-state index contributed by atoms with van der Waals surface area (Å²) in [4.78, 5) is 0.150. The van der Waals surface area contributed by atoms with Crippen LogP contribution in [-0.4, -0.2) is 18.6 Å². The van der Waals surface area contributed by atoms with Crippen molar-refractivity contribution in [2.75, 3.05) is 0 Å². The van der Waals surface area contributed by atoms with E-state index in [9.17, 15) is 8.42 Å². The van der Waals surface area contributed by atoms with Crippen LogP contribution < -0.4 is 4.72 Å². The van der Waals surface area contributed by atoms with Gasteiger partial charge in [0, 0.05) is 12.7 Å². The second kappa shape index (κ2) is 5.32. The van der Waals surface area contributed by atoms with Gasteiger partial charge in [-0.1, -0.05) is 31.2 Å². The Morgan fingerprint density at radius 3 is 2.61 bits per heavy atom. The van der Waals surface area contributed by atoms with E-state index in [0.717, 1.165) is 17.5 Å². The fourth-order valence-electron chi connectivity index (χ4n) is 1.72. The maximum Gasteiger partial charge on any atom is 0.243 e. The van der Waals surface area contributed by atoms with Crippen molar-refractivity contribution in [3.63, 3.8) is 0 Å². The smallest absolute Gasteiger partial charge is 0.243 e. The lowest BCUT2D eigenvalue weighted by molar-refractivity contribution is 0.581. The molecule has 5 nitrogen and oxygen atoms in total. The number of nitrogens with one attached hydrogen (secondary N) is 2. The van der Waals surface area contributed by atoms with E-state index in [1.165, 1.54) is 12.4 Å². The van der Waals surface area contributed by atoms with Gasteiger partial charge >= 0.3 is 0 Å². The minimum Gasteiger partial charge on any atom is -0.284 e. The Hall–Kier alpha value is -1.66. The van der Waals surface area contributed by atoms with Gasteiger partial charge in [-0.15, -0.1) is 0 Å². The summed E-state index contributed by atoms with van der Waals surface area (Å²) in [6.45, 7) is 2.33. The summed E-state index contributed by atoms with van der Waals surface area (Å²) < 4.78 is 26.4. The highest BCUT2D eigenvalue weighted by Crippen LogP contribution is 2.11. The van der Waals surface area contributed by atoms with Gasteiger partial charge in [-0.3, -0.25) is 5.10 Å². The molecule has 2 N–H and O–H groups in total. The molecule has 1 aromatic heterocycles. The number of aromatic amines is 1. The van der Waals surface area contributed by atoms with Gasteiger partial charge in [0.25, 0.3) is 0 Å². The lowest BCUT2D eigenvalue weighted by atomic mass is 10.1. The molecule has 0 bridgehead atoms. The van der Waals surface area contributed by atoms with Crippen LogP contribution in [0.25, 0.3) is 0 Å². The summed E-state index contributed by atoms with van der Waals surface area (Å²) in [6.07, 6.45) is 3.52. The second-order valence-electron chi connectivity index (χ2n) is 3.88. The highest BCUT2D eigenvalue weighted by molar-refractivity contribution is 7.89. The summed E-state index contributed by atoms with van der Waals surface area (Å²) in [5.41, 5.74) is 2.14. The minimum absolute atomic E-state index is 0.150. The summed E-state index contributed by atoms with van der Waals surface area (Å²) >= 11 is 0. The van der Waals surface area contributed by atoms with Crippen LogP contribution in [0.4, 0.5) is 0 Å². The predicted octanol–water partition coefficient (Wildman–Crippen LogP) is 1.45. The fourth-order valence-corrected chi connectivity index (χ4v) is 2.63. The lowest BCUT2D eigenvalue weighted by Crippen LogP contribution is -2.23. The van der Waals surface area contributed by atoms with Gasteiger partial charge in [0.1, 0.15) is 4.90 Å². The monoisotopic (exact) mass is 265 g/mol. The Morgan fingerprint density at radius 2 is 2.00 bits per heavy atom. The molecule has 2 rings (SSSR count). The van der Waals surface area contributed by atoms with Crippen molar-refractivity contribution in [3.8, 4) is 0 Å². The van der Waals surface area contributed by atoms with Crippen molar-refractivity contribution in [1.29, 1.82) is 0 Å². The van der Waals surface area contributed by atoms with Crippen LogP contribution in [-0.2, 0) is 23.0 Å². The van der Waals surface area contributed by atoms with Crippen LogP contribution in [0.5, 0.6) is 0 Å². The Morgan fingerprint density at radius 1 is 1.28 bits per heavy atom. The van der Waals surface area contributed by atoms with Crippen LogP contribution in [0.1, 0.15) is 18.1 Å². The van der Waals surface area contributed by atoms with Gasteiger partial charge in [-0.25, -0.2) is 13.1 Å². The molecule has 0 radical (unpaired) electrons. The first kappa shape index (κ1) is 12.8. The van der Waals surface area contributed by atoms with E-state index < -0.39 is 10.0 Å². The Bertz CT molecular complexity index is 606. The average molecular weight is 265 g/mol. The molecule has 0 spiro atoms. The third-order valence-corrected chi connectivity index (χ3v) is 4.10. The van der Waals surface area contributed by atoms with E-state index in [4.69, 9.17) is 0 Å². The van der Waals surface area contributed by atoms with Crippen molar-refractivity contribution >= 4 is 10.0 Å². The van der Waals surface area contributed by atoms with Crippen LogP contribution in [0.15, 0.2) is 41.6 Å². The molecule has 0 saturated carbocycles. The third-order valence-electron chi connectivity index (χ3n) is 2.74. The highest BCUT2D eigenvalue weighted by atomic mass is 32.2. The van der Waals surface area contributed by atoms with Crippen molar-refractivity contribution in [2.45, 2.75) is 24.8 Å². The molecular formula is C12H15N3O2S. The lowest BCUT2D eigenvalue weighted by Gasteiger charge is -2.08. The van der Waals surface area contributed by atoms with Crippen LogP contribution in [0.2, 0.25) is 0 Å². The largest absolute Gasteiger partial charge is 0.284 e. The van der Waals surface area contributed by atoms with Crippen molar-refractivity contribution in [3.05, 3.63) is 47.8 Å². The van der Waals surface area contributed by atoms with Gasteiger partial charge in [0.05, 0.1) is 6.20 Å². The first-order chi connectivity index (χ1) is 8.63. The summed E-state index contributed by atoms with van der Waals surface area (Å²) in [5, 5.41) is 6.12. The molecule has 2 aromatic rings. The third kappa shape index (κ3) is 2.77. The van der Waals surface area contributed by atoms with Crippen molar-refractivity contribution in [2.24, 2.45) is 0 Å². The number of hydrogen-bond acceptors (Lipinski definition) is 3. The van der Waals surface area contributed by atoms with E-state index in [2.05, 4.69) is 14.9 Å². The van der Waals surface area contributed by atoms with Gasteiger partial charge < -0.3 is 0 Å². The van der Waals surface area contributed by atoms with Gasteiger partial charge in [0.2, 0.25) is 10.0 Å². The van der Waals surface area contributed by atoms with Crippen molar-refractivity contribution < 1.29 is 8.42 Å². The molecule has 0 aliphatic carbocycles. The summed E-state index contributed by atoms with van der Waals surface area (Å²) in [6, 6.07) is 7.78. The molecule has 6 heteroatoms. The first-order valence-corrected chi connectivity index (χ1v) is 7.17. The zero-order valence-corrected chi connectivity index (χ0v) is 10.9. The number of hydrogen-bond donors (Lipinski definition) is 2. The number of aromatic nitrogens is 2. The SMILES string of the molecule is CCc1ccccc1CNS(=O)(=O)c1cn[nH]c1. The maximum absolute atomic E-state index is 11.9. The fraction of sp³-hybridized carbons (Fsp3) is 0.250. The molecule has 0 amide bonds. The number of benzene rings is 1. The molecule has 1 aromatic carbocycles. The van der Waals surface area contributed by atoms with E-state index in [1.807, 2.05) is 31.2 Å². The second-order valence-corrected chi connectivity index (χ2v) is 5.65. The standard InChI is InChI=1S/C12H15N3O2S/c1-2-10-5-3-4-6-11(10)7-15-18(16,17)12-8-13-14-9-12/h3-6,8-9,15H,2,7H2,1H3,(H,13,14). The van der Waals surface area contributed by atoms with E-state index in [1.54, 1.807) is 0 Å². The van der Waals surface area contributed by atoms with Crippen LogP contribution >= 0.6 is 0 Å². The summed E-state index contributed by atoms with van der Waals surface area (Å²) in [7, 11) is -3.48. The molecule has 96 valence electrons. The maximum atomic E-state index is 11.9. The first-order valence-electron chi connectivity index (χ1n) is 5.68. The minimum atomic E-state index is -3.48.